The molecule has 3 rings (SSSR count). The number of aliphatic carboxylic acids is 1. The number of carbonyl (C=O) groups excluding carboxylic acids is 2. The molecule has 3 amide bonds. The number of primary amides is 1. The summed E-state index contributed by atoms with van der Waals surface area (Å²) in [5.41, 5.74) is 5.75. The molecule has 1 heterocycles. The maximum absolute atomic E-state index is 12.8. The Labute approximate surface area is 156 Å². The first-order chi connectivity index (χ1) is 12.9. The van der Waals surface area contributed by atoms with Crippen molar-refractivity contribution in [1.29, 1.82) is 0 Å². The fraction of sp³-hybridized carbons (Fsp3) is 0.250. The van der Waals surface area contributed by atoms with E-state index < -0.39 is 17.4 Å². The van der Waals surface area contributed by atoms with E-state index in [0.29, 0.717) is 37.2 Å². The van der Waals surface area contributed by atoms with Crippen molar-refractivity contribution < 1.29 is 19.5 Å². The third-order valence-electron chi connectivity index (χ3n) is 5.02. The van der Waals surface area contributed by atoms with E-state index in [1.807, 2.05) is 30.3 Å². The fourth-order valence-electron chi connectivity index (χ4n) is 3.53. The van der Waals surface area contributed by atoms with Gasteiger partial charge >= 0.3 is 12.0 Å². The van der Waals surface area contributed by atoms with Gasteiger partial charge in [0.25, 0.3) is 5.91 Å². The molecule has 140 valence electrons. The second-order valence-corrected chi connectivity index (χ2v) is 6.62. The Morgan fingerprint density at radius 3 is 2.26 bits per heavy atom. The van der Waals surface area contributed by atoms with Gasteiger partial charge in [0.2, 0.25) is 0 Å². The maximum atomic E-state index is 12.8. The van der Waals surface area contributed by atoms with Crippen LogP contribution in [0, 0.1) is 0 Å². The largest absolute Gasteiger partial charge is 0.481 e. The van der Waals surface area contributed by atoms with E-state index in [2.05, 4.69) is 5.32 Å². The zero-order valence-corrected chi connectivity index (χ0v) is 14.7. The minimum absolute atomic E-state index is 0.199. The molecule has 1 saturated heterocycles. The first kappa shape index (κ1) is 18.4. The van der Waals surface area contributed by atoms with Crippen molar-refractivity contribution >= 4 is 23.6 Å². The molecule has 27 heavy (non-hydrogen) atoms. The van der Waals surface area contributed by atoms with Crippen LogP contribution in [0.2, 0.25) is 0 Å². The summed E-state index contributed by atoms with van der Waals surface area (Å²) < 4.78 is 0. The van der Waals surface area contributed by atoms with Gasteiger partial charge in [-0.3, -0.25) is 9.59 Å². The highest BCUT2D eigenvalue weighted by atomic mass is 16.4. The van der Waals surface area contributed by atoms with Gasteiger partial charge < -0.3 is 21.1 Å². The Kier molecular flexibility index (Phi) is 5.12. The molecule has 1 aliphatic heterocycles. The highest BCUT2D eigenvalue weighted by Crippen LogP contribution is 2.36. The third kappa shape index (κ3) is 3.76. The molecule has 2 aromatic carbocycles. The first-order valence-electron chi connectivity index (χ1n) is 8.67. The number of amides is 3. The summed E-state index contributed by atoms with van der Waals surface area (Å²) in [6, 6.07) is 15.0. The van der Waals surface area contributed by atoms with E-state index in [1.54, 1.807) is 29.2 Å². The normalized spacial score (nSPS) is 15.8. The summed E-state index contributed by atoms with van der Waals surface area (Å²) in [6.45, 7) is 0.682. The van der Waals surface area contributed by atoms with Crippen LogP contribution in [0.15, 0.2) is 54.6 Å². The summed E-state index contributed by atoms with van der Waals surface area (Å²) in [7, 11) is 0. The number of carboxylic acids is 1. The number of likely N-dealkylation sites (tertiary alicyclic amines) is 1. The van der Waals surface area contributed by atoms with Gasteiger partial charge in [-0.15, -0.1) is 0 Å². The second-order valence-electron chi connectivity index (χ2n) is 6.62. The van der Waals surface area contributed by atoms with Crippen LogP contribution in [0.4, 0.5) is 10.5 Å². The van der Waals surface area contributed by atoms with Crippen molar-refractivity contribution in [3.05, 3.63) is 65.7 Å². The van der Waals surface area contributed by atoms with Crippen LogP contribution >= 0.6 is 0 Å². The van der Waals surface area contributed by atoms with Crippen molar-refractivity contribution in [3.63, 3.8) is 0 Å². The number of hydrogen-bond acceptors (Lipinski definition) is 3. The molecule has 0 aliphatic carbocycles. The SMILES string of the molecule is NC(=O)Nc1cccc(C(=O)N2CCC(C(=O)O)(c3ccccc3)CC2)c1. The standard InChI is InChI=1S/C20H21N3O4/c21-19(27)22-16-8-4-5-14(13-16)17(24)23-11-9-20(10-12-23,18(25)26)15-6-2-1-3-7-15/h1-8,13H,9-12H2,(H,25,26)(H3,21,22,27). The Bertz CT molecular complexity index is 859. The van der Waals surface area contributed by atoms with Crippen LogP contribution in [-0.4, -0.2) is 41.0 Å². The Balaban J connectivity index is 1.76. The molecule has 7 heteroatoms. The maximum Gasteiger partial charge on any atom is 0.316 e. The van der Waals surface area contributed by atoms with Crippen LogP contribution in [0.25, 0.3) is 0 Å². The number of piperidine rings is 1. The lowest BCUT2D eigenvalue weighted by molar-refractivity contribution is -0.145. The monoisotopic (exact) mass is 367 g/mol. The molecule has 0 radical (unpaired) electrons. The molecule has 2 aromatic rings. The molecule has 4 N–H and O–H groups in total. The van der Waals surface area contributed by atoms with E-state index in [-0.39, 0.29) is 5.91 Å². The number of nitrogens with zero attached hydrogens (tertiary/aromatic N) is 1. The van der Waals surface area contributed by atoms with Crippen molar-refractivity contribution in [2.75, 3.05) is 18.4 Å². The summed E-state index contributed by atoms with van der Waals surface area (Å²) in [4.78, 5) is 37.4. The number of carbonyl (C=O) groups is 3. The van der Waals surface area contributed by atoms with E-state index in [9.17, 15) is 19.5 Å². The van der Waals surface area contributed by atoms with E-state index in [0.717, 1.165) is 5.56 Å². The Morgan fingerprint density at radius 1 is 1.00 bits per heavy atom. The molecular weight excluding hydrogens is 346 g/mol. The van der Waals surface area contributed by atoms with E-state index in [1.165, 1.54) is 0 Å². The molecular formula is C20H21N3O4. The fourth-order valence-corrected chi connectivity index (χ4v) is 3.53. The lowest BCUT2D eigenvalue weighted by Crippen LogP contribution is -2.49. The molecule has 0 atom stereocenters. The lowest BCUT2D eigenvalue weighted by Gasteiger charge is -2.39. The lowest BCUT2D eigenvalue weighted by atomic mass is 9.73. The first-order valence-corrected chi connectivity index (χ1v) is 8.67. The van der Waals surface area contributed by atoms with Crippen LogP contribution in [0.5, 0.6) is 0 Å². The van der Waals surface area contributed by atoms with Gasteiger partial charge in [-0.2, -0.15) is 0 Å². The van der Waals surface area contributed by atoms with Gasteiger partial charge in [0.05, 0.1) is 5.41 Å². The number of carboxylic acid groups (broad SMARTS) is 1. The molecule has 1 aliphatic rings. The van der Waals surface area contributed by atoms with Crippen molar-refractivity contribution in [2.24, 2.45) is 5.73 Å². The topological polar surface area (TPSA) is 113 Å². The average Bonchev–Trinajstić information content (AvgIpc) is 2.67. The average molecular weight is 367 g/mol. The number of benzene rings is 2. The molecule has 0 saturated carbocycles. The van der Waals surface area contributed by atoms with Gasteiger partial charge in [0.15, 0.2) is 0 Å². The second kappa shape index (κ2) is 7.49. The minimum atomic E-state index is -0.979. The highest BCUT2D eigenvalue weighted by molar-refractivity contribution is 5.97. The van der Waals surface area contributed by atoms with E-state index >= 15 is 0 Å². The highest BCUT2D eigenvalue weighted by Gasteiger charge is 2.43. The Morgan fingerprint density at radius 2 is 1.67 bits per heavy atom. The summed E-state index contributed by atoms with van der Waals surface area (Å²) >= 11 is 0. The number of hydrogen-bond donors (Lipinski definition) is 3. The number of rotatable bonds is 4. The predicted molar refractivity (Wildman–Crippen MR) is 101 cm³/mol. The zero-order valence-electron chi connectivity index (χ0n) is 14.7. The van der Waals surface area contributed by atoms with Crippen LogP contribution in [0.1, 0.15) is 28.8 Å². The number of urea groups is 1. The molecule has 0 spiro atoms. The molecule has 0 aromatic heterocycles. The number of nitrogens with two attached hydrogens (primary N) is 1. The molecule has 7 nitrogen and oxygen atoms in total. The smallest absolute Gasteiger partial charge is 0.316 e. The van der Waals surface area contributed by atoms with Crippen LogP contribution in [-0.2, 0) is 10.2 Å². The van der Waals surface area contributed by atoms with Crippen molar-refractivity contribution in [1.82, 2.24) is 4.90 Å². The van der Waals surface area contributed by atoms with Gasteiger partial charge in [-0.05, 0) is 36.6 Å². The molecule has 1 fully saturated rings. The minimum Gasteiger partial charge on any atom is -0.481 e. The quantitative estimate of drug-likeness (QED) is 0.770. The van der Waals surface area contributed by atoms with Crippen molar-refractivity contribution in [3.8, 4) is 0 Å². The summed E-state index contributed by atoms with van der Waals surface area (Å²) in [6.07, 6.45) is 0.689. The van der Waals surface area contributed by atoms with Crippen LogP contribution < -0.4 is 11.1 Å². The van der Waals surface area contributed by atoms with E-state index in [4.69, 9.17) is 5.73 Å². The summed E-state index contributed by atoms with van der Waals surface area (Å²) in [5, 5.41) is 12.3. The summed E-state index contributed by atoms with van der Waals surface area (Å²) in [5.74, 6) is -1.07. The number of nitrogens with one attached hydrogen (secondary N) is 1. The Hall–Kier alpha value is -3.35. The van der Waals surface area contributed by atoms with Gasteiger partial charge in [0, 0.05) is 24.3 Å². The van der Waals surface area contributed by atoms with Crippen molar-refractivity contribution in [2.45, 2.75) is 18.3 Å². The van der Waals surface area contributed by atoms with Crippen LogP contribution in [0.3, 0.4) is 0 Å². The van der Waals surface area contributed by atoms with Gasteiger partial charge in [-0.25, -0.2) is 4.79 Å². The van der Waals surface area contributed by atoms with Gasteiger partial charge in [0.1, 0.15) is 0 Å². The number of anilines is 1. The van der Waals surface area contributed by atoms with Gasteiger partial charge in [-0.1, -0.05) is 36.4 Å². The third-order valence-corrected chi connectivity index (χ3v) is 5.02. The molecule has 0 unspecified atom stereocenters. The molecule has 0 bridgehead atoms. The zero-order chi connectivity index (χ0) is 19.4. The predicted octanol–water partition coefficient (Wildman–Crippen LogP) is 2.44.